The molecule has 0 N–H and O–H groups in total. The summed E-state index contributed by atoms with van der Waals surface area (Å²) in [5, 5.41) is 0. The topological polar surface area (TPSA) is 35.5 Å². The molecule has 1 aromatic carbocycles. The molecule has 1 spiro atoms. The number of hydrogen-bond acceptors (Lipinski definition) is 3. The number of carbonyl (C=O) groups is 1. The smallest absolute Gasteiger partial charge is 0.343 e. The highest BCUT2D eigenvalue weighted by Crippen LogP contribution is 2.66. The summed E-state index contributed by atoms with van der Waals surface area (Å²) in [6.45, 7) is 0. The highest BCUT2D eigenvalue weighted by molar-refractivity contribution is 5.84. The van der Waals surface area contributed by atoms with Gasteiger partial charge in [-0.05, 0) is 18.4 Å². The highest BCUT2D eigenvalue weighted by atomic mass is 16.6. The van der Waals surface area contributed by atoms with Crippen LogP contribution in [0.1, 0.15) is 18.4 Å². The average molecular weight is 256 g/mol. The minimum atomic E-state index is -0.927. The lowest BCUT2D eigenvalue weighted by Crippen LogP contribution is -2.62. The van der Waals surface area contributed by atoms with Crippen molar-refractivity contribution in [2.75, 3.05) is 7.11 Å². The molecular weight excluding hydrogens is 240 g/mol. The molecule has 1 saturated heterocycles. The summed E-state index contributed by atoms with van der Waals surface area (Å²) >= 11 is 0. The first-order chi connectivity index (χ1) is 9.23. The molecule has 1 aromatic rings. The second kappa shape index (κ2) is 3.48. The van der Waals surface area contributed by atoms with Crippen molar-refractivity contribution in [3.05, 3.63) is 48.0 Å². The number of rotatable bonds is 2. The number of hydrogen-bond donors (Lipinski definition) is 0. The van der Waals surface area contributed by atoms with E-state index in [1.54, 1.807) is 0 Å². The van der Waals surface area contributed by atoms with Crippen LogP contribution in [0.15, 0.2) is 42.5 Å². The van der Waals surface area contributed by atoms with Crippen molar-refractivity contribution in [3.63, 3.8) is 0 Å². The maximum Gasteiger partial charge on any atom is 0.343 e. The van der Waals surface area contributed by atoms with E-state index in [1.807, 2.05) is 30.3 Å². The van der Waals surface area contributed by atoms with Gasteiger partial charge in [0.2, 0.25) is 0 Å². The van der Waals surface area contributed by atoms with E-state index in [0.29, 0.717) is 0 Å². The number of fused-ring (bicyclic) bond motifs is 2. The van der Waals surface area contributed by atoms with Crippen LogP contribution < -0.4 is 0 Å². The minimum absolute atomic E-state index is 0.116. The van der Waals surface area contributed by atoms with E-state index in [4.69, 9.17) is 9.47 Å². The first-order valence-electron chi connectivity index (χ1n) is 6.74. The fraction of sp³-hybridized carbons (Fsp3) is 0.438. The Morgan fingerprint density at radius 1 is 1.32 bits per heavy atom. The third kappa shape index (κ3) is 1.24. The molecule has 3 aliphatic rings. The van der Waals surface area contributed by atoms with E-state index < -0.39 is 5.60 Å². The maximum atomic E-state index is 12.3. The van der Waals surface area contributed by atoms with E-state index >= 15 is 0 Å². The molecule has 4 rings (SSSR count). The lowest BCUT2D eigenvalue weighted by Gasteiger charge is -2.51. The first-order valence-corrected chi connectivity index (χ1v) is 6.74. The molecule has 0 aromatic heterocycles. The molecule has 1 saturated carbocycles. The van der Waals surface area contributed by atoms with Crippen LogP contribution in [-0.4, -0.2) is 19.2 Å². The molecule has 3 nitrogen and oxygen atoms in total. The highest BCUT2D eigenvalue weighted by Gasteiger charge is 2.71. The quantitative estimate of drug-likeness (QED) is 0.602. The molecule has 0 bridgehead atoms. The van der Waals surface area contributed by atoms with E-state index in [0.717, 1.165) is 5.56 Å². The standard InChI is InChI=1S/C16H16O3/c1-18-14(17)16(11-5-3-2-4-6-11)12-7-8-15(9-10-15)13(12)19-16/h2-8,12-13H,9-10H2,1H3/t12-,13-,16+/m1/s1. The number of carbonyl (C=O) groups excluding carboxylic acids is 1. The van der Waals surface area contributed by atoms with E-state index in [-0.39, 0.29) is 23.4 Å². The van der Waals surface area contributed by atoms with Crippen molar-refractivity contribution < 1.29 is 14.3 Å². The monoisotopic (exact) mass is 256 g/mol. The molecule has 1 heterocycles. The average Bonchev–Trinajstić information content (AvgIpc) is 3.13. The molecule has 0 amide bonds. The Balaban J connectivity index is 1.77. The van der Waals surface area contributed by atoms with Crippen LogP contribution in [0.5, 0.6) is 0 Å². The molecule has 3 heteroatoms. The fourth-order valence-corrected chi connectivity index (χ4v) is 3.59. The van der Waals surface area contributed by atoms with Crippen LogP contribution in [0.4, 0.5) is 0 Å². The Morgan fingerprint density at radius 2 is 2.05 bits per heavy atom. The van der Waals surface area contributed by atoms with Crippen LogP contribution in [0.25, 0.3) is 0 Å². The molecule has 2 aliphatic carbocycles. The zero-order chi connectivity index (χ0) is 13.1. The molecular formula is C16H16O3. The van der Waals surface area contributed by atoms with Gasteiger partial charge in [-0.1, -0.05) is 42.5 Å². The van der Waals surface area contributed by atoms with Crippen LogP contribution in [-0.2, 0) is 19.9 Å². The summed E-state index contributed by atoms with van der Waals surface area (Å²) in [6, 6.07) is 9.69. The van der Waals surface area contributed by atoms with E-state index in [2.05, 4.69) is 12.2 Å². The Labute approximate surface area is 112 Å². The largest absolute Gasteiger partial charge is 0.467 e. The number of esters is 1. The normalized spacial score (nSPS) is 36.7. The number of ether oxygens (including phenoxy) is 2. The second-order valence-corrected chi connectivity index (χ2v) is 5.75. The summed E-state index contributed by atoms with van der Waals surface area (Å²) in [6.07, 6.45) is 6.92. The summed E-state index contributed by atoms with van der Waals surface area (Å²) in [5.74, 6) is -0.174. The van der Waals surface area contributed by atoms with Gasteiger partial charge in [0, 0.05) is 11.3 Å². The van der Waals surface area contributed by atoms with Gasteiger partial charge in [-0.25, -0.2) is 4.79 Å². The molecule has 2 fully saturated rings. The Hall–Kier alpha value is -1.61. The van der Waals surface area contributed by atoms with Crippen LogP contribution >= 0.6 is 0 Å². The van der Waals surface area contributed by atoms with Gasteiger partial charge < -0.3 is 9.47 Å². The summed E-state index contributed by atoms with van der Waals surface area (Å²) in [4.78, 5) is 12.3. The summed E-state index contributed by atoms with van der Waals surface area (Å²) < 4.78 is 11.1. The van der Waals surface area contributed by atoms with Gasteiger partial charge in [0.25, 0.3) is 0 Å². The van der Waals surface area contributed by atoms with Crippen LogP contribution in [0, 0.1) is 11.3 Å². The third-order valence-electron chi connectivity index (χ3n) is 4.83. The van der Waals surface area contributed by atoms with Crippen molar-refractivity contribution in [3.8, 4) is 0 Å². The van der Waals surface area contributed by atoms with Gasteiger partial charge in [-0.2, -0.15) is 0 Å². The lowest BCUT2D eigenvalue weighted by atomic mass is 9.71. The molecule has 1 aliphatic heterocycles. The zero-order valence-corrected chi connectivity index (χ0v) is 10.8. The second-order valence-electron chi connectivity index (χ2n) is 5.75. The SMILES string of the molecule is COC(=O)[C@@]1(c2ccccc2)O[C@@H]2[C@H]1C=CC21CC1. The maximum absolute atomic E-state index is 12.3. The van der Waals surface area contributed by atoms with Gasteiger partial charge in [0.1, 0.15) is 0 Å². The molecule has 0 radical (unpaired) electrons. The van der Waals surface area contributed by atoms with Gasteiger partial charge in [-0.15, -0.1) is 0 Å². The molecule has 0 unspecified atom stereocenters. The van der Waals surface area contributed by atoms with Crippen molar-refractivity contribution in [2.24, 2.45) is 11.3 Å². The summed E-state index contributed by atoms with van der Waals surface area (Å²) in [7, 11) is 1.43. The number of methoxy groups -OCH3 is 1. The van der Waals surface area contributed by atoms with Crippen molar-refractivity contribution >= 4 is 5.97 Å². The zero-order valence-electron chi connectivity index (χ0n) is 10.8. The third-order valence-corrected chi connectivity index (χ3v) is 4.83. The first kappa shape index (κ1) is 11.2. The molecule has 19 heavy (non-hydrogen) atoms. The van der Waals surface area contributed by atoms with Gasteiger partial charge in [-0.3, -0.25) is 0 Å². The summed E-state index contributed by atoms with van der Waals surface area (Å²) in [5.41, 5.74) is 0.186. The lowest BCUT2D eigenvalue weighted by molar-refractivity contribution is -0.264. The molecule has 98 valence electrons. The van der Waals surface area contributed by atoms with Gasteiger partial charge >= 0.3 is 5.97 Å². The Kier molecular flexibility index (Phi) is 2.06. The van der Waals surface area contributed by atoms with Crippen molar-refractivity contribution in [2.45, 2.75) is 24.5 Å². The Morgan fingerprint density at radius 3 is 2.68 bits per heavy atom. The van der Waals surface area contributed by atoms with Crippen molar-refractivity contribution in [1.82, 2.24) is 0 Å². The predicted octanol–water partition coefficient (Wildman–Crippen LogP) is 2.42. The fourth-order valence-electron chi connectivity index (χ4n) is 3.59. The minimum Gasteiger partial charge on any atom is -0.467 e. The van der Waals surface area contributed by atoms with Gasteiger partial charge in [0.05, 0.1) is 13.2 Å². The molecule has 3 atom stereocenters. The van der Waals surface area contributed by atoms with Crippen LogP contribution in [0.3, 0.4) is 0 Å². The Bertz CT molecular complexity index is 559. The number of benzene rings is 1. The van der Waals surface area contributed by atoms with E-state index in [1.165, 1.54) is 20.0 Å². The van der Waals surface area contributed by atoms with Crippen LogP contribution in [0.2, 0.25) is 0 Å². The van der Waals surface area contributed by atoms with Crippen molar-refractivity contribution in [1.29, 1.82) is 0 Å². The van der Waals surface area contributed by atoms with E-state index in [9.17, 15) is 4.79 Å². The van der Waals surface area contributed by atoms with Gasteiger partial charge in [0.15, 0.2) is 5.60 Å². The predicted molar refractivity (Wildman–Crippen MR) is 69.3 cm³/mol.